The summed E-state index contributed by atoms with van der Waals surface area (Å²) in [6, 6.07) is 4.95. The number of rotatable bonds is 6. The molecule has 0 aromatic heterocycles. The molecule has 1 aromatic rings. The molecule has 0 fully saturated rings. The first kappa shape index (κ1) is 21.9. The van der Waals surface area contributed by atoms with Crippen LogP contribution in [0.5, 0.6) is 11.5 Å². The fourth-order valence-corrected chi connectivity index (χ4v) is 3.22. The lowest BCUT2D eigenvalue weighted by Crippen LogP contribution is -2.43. The van der Waals surface area contributed by atoms with Gasteiger partial charge in [0.15, 0.2) is 11.5 Å². The molecule has 0 saturated heterocycles. The number of alkyl carbamates (subject to hydrolysis) is 1. The van der Waals surface area contributed by atoms with E-state index in [4.69, 9.17) is 18.9 Å². The second kappa shape index (κ2) is 8.71. The molecule has 1 amide bonds. The van der Waals surface area contributed by atoms with Gasteiger partial charge in [-0.15, -0.1) is 0 Å². The highest BCUT2D eigenvalue weighted by Gasteiger charge is 2.30. The topological polar surface area (TPSA) is 83.1 Å². The number of ether oxygens (including phenoxy) is 4. The maximum absolute atomic E-state index is 12.5. The van der Waals surface area contributed by atoms with Gasteiger partial charge in [0.05, 0.1) is 0 Å². The van der Waals surface area contributed by atoms with Crippen LogP contribution in [-0.2, 0) is 14.3 Å². The van der Waals surface area contributed by atoms with E-state index in [9.17, 15) is 9.59 Å². The third-order valence-electron chi connectivity index (χ3n) is 4.39. The van der Waals surface area contributed by atoms with Crippen molar-refractivity contribution in [3.05, 3.63) is 23.8 Å². The molecule has 1 aromatic carbocycles. The predicted molar refractivity (Wildman–Crippen MR) is 105 cm³/mol. The minimum atomic E-state index is -0.818. The summed E-state index contributed by atoms with van der Waals surface area (Å²) >= 11 is 0. The molecule has 28 heavy (non-hydrogen) atoms. The molecule has 0 radical (unpaired) electrons. The lowest BCUT2D eigenvalue weighted by molar-refractivity contribution is -0.152. The summed E-state index contributed by atoms with van der Waals surface area (Å²) in [6.45, 7) is 13.1. The van der Waals surface area contributed by atoms with Crippen molar-refractivity contribution in [1.82, 2.24) is 5.32 Å². The number of benzene rings is 1. The average Bonchev–Trinajstić information content (AvgIpc) is 3.00. The Kier molecular flexibility index (Phi) is 6.80. The third kappa shape index (κ3) is 5.78. The van der Waals surface area contributed by atoms with E-state index in [-0.39, 0.29) is 18.6 Å². The quantitative estimate of drug-likeness (QED) is 0.736. The predicted octanol–water partition coefficient (Wildman–Crippen LogP) is 4.00. The number of esters is 1. The van der Waals surface area contributed by atoms with E-state index in [1.54, 1.807) is 27.7 Å². The largest absolute Gasteiger partial charge is 0.460 e. The van der Waals surface area contributed by atoms with Crippen molar-refractivity contribution < 1.29 is 28.5 Å². The molecule has 1 aliphatic heterocycles. The summed E-state index contributed by atoms with van der Waals surface area (Å²) < 4.78 is 21.7. The Morgan fingerprint density at radius 1 is 1.07 bits per heavy atom. The Bertz CT molecular complexity index is 709. The first-order valence-electron chi connectivity index (χ1n) is 9.57. The van der Waals surface area contributed by atoms with Gasteiger partial charge in [0.2, 0.25) is 6.79 Å². The van der Waals surface area contributed by atoms with Crippen LogP contribution in [0, 0.1) is 5.92 Å². The van der Waals surface area contributed by atoms with E-state index in [2.05, 4.69) is 19.2 Å². The molecule has 2 rings (SSSR count). The molecular weight excluding hydrogens is 362 g/mol. The maximum atomic E-state index is 12.5. The normalized spacial score (nSPS) is 16.3. The highest BCUT2D eigenvalue weighted by molar-refractivity contribution is 5.81. The zero-order valence-electron chi connectivity index (χ0n) is 17.7. The fraction of sp³-hybridized carbons (Fsp3) is 0.619. The van der Waals surface area contributed by atoms with E-state index >= 15 is 0 Å². The van der Waals surface area contributed by atoms with Gasteiger partial charge in [0, 0.05) is 5.92 Å². The molecule has 0 aliphatic carbocycles. The number of hydrogen-bond donors (Lipinski definition) is 1. The summed E-state index contributed by atoms with van der Waals surface area (Å²) in [5.74, 6) is 1.09. The van der Waals surface area contributed by atoms with Crippen LogP contribution in [0.3, 0.4) is 0 Å². The standard InChI is InChI=1S/C21H31NO6/c1-12(2)18(15-8-9-16-17(10-15)26-11-25-16)14(4)27-19(23)13(3)22-20(24)28-21(5,6)7/h8-10,12-14,18H,11H2,1-7H3,(H,22,24)/t13-,14-,18+/m0/s1. The number of fused-ring (bicyclic) bond motifs is 1. The van der Waals surface area contributed by atoms with Crippen molar-refractivity contribution >= 4 is 12.1 Å². The van der Waals surface area contributed by atoms with Gasteiger partial charge in [-0.3, -0.25) is 0 Å². The van der Waals surface area contributed by atoms with E-state index in [1.807, 2.05) is 25.1 Å². The van der Waals surface area contributed by atoms with Crippen molar-refractivity contribution in [2.24, 2.45) is 5.92 Å². The van der Waals surface area contributed by atoms with Gasteiger partial charge in [-0.1, -0.05) is 19.9 Å². The second-order valence-corrected chi connectivity index (χ2v) is 8.39. The average molecular weight is 393 g/mol. The Hall–Kier alpha value is -2.44. The van der Waals surface area contributed by atoms with Crippen LogP contribution in [0.25, 0.3) is 0 Å². The number of nitrogens with one attached hydrogen (secondary N) is 1. The van der Waals surface area contributed by atoms with Gasteiger partial charge in [-0.2, -0.15) is 0 Å². The monoisotopic (exact) mass is 393 g/mol. The third-order valence-corrected chi connectivity index (χ3v) is 4.39. The summed E-state index contributed by atoms with van der Waals surface area (Å²) in [5, 5.41) is 2.51. The van der Waals surface area contributed by atoms with E-state index in [1.165, 1.54) is 0 Å². The summed E-state index contributed by atoms with van der Waals surface area (Å²) in [4.78, 5) is 24.3. The number of hydrogen-bond acceptors (Lipinski definition) is 6. The summed E-state index contributed by atoms with van der Waals surface area (Å²) in [6.07, 6.45) is -1.04. The van der Waals surface area contributed by atoms with Crippen LogP contribution in [0.15, 0.2) is 18.2 Å². The Labute approximate surface area is 166 Å². The molecule has 1 heterocycles. The van der Waals surface area contributed by atoms with Crippen LogP contribution in [0.2, 0.25) is 0 Å². The van der Waals surface area contributed by atoms with Crippen molar-refractivity contribution in [2.75, 3.05) is 6.79 Å². The highest BCUT2D eigenvalue weighted by Crippen LogP contribution is 2.38. The van der Waals surface area contributed by atoms with Crippen LogP contribution in [0.4, 0.5) is 4.79 Å². The molecule has 0 bridgehead atoms. The molecule has 7 nitrogen and oxygen atoms in total. The Balaban J connectivity index is 2.02. The molecular formula is C21H31NO6. The van der Waals surface area contributed by atoms with Crippen molar-refractivity contribution in [3.63, 3.8) is 0 Å². The highest BCUT2D eigenvalue weighted by atomic mass is 16.7. The molecule has 1 N–H and O–H groups in total. The summed E-state index contributed by atoms with van der Waals surface area (Å²) in [5.41, 5.74) is 0.371. The van der Waals surface area contributed by atoms with Gasteiger partial charge in [-0.05, 0) is 58.2 Å². The van der Waals surface area contributed by atoms with Crippen LogP contribution >= 0.6 is 0 Å². The molecule has 0 saturated carbocycles. The van der Waals surface area contributed by atoms with Crippen molar-refractivity contribution in [3.8, 4) is 11.5 Å². The molecule has 0 unspecified atom stereocenters. The molecule has 7 heteroatoms. The molecule has 1 aliphatic rings. The van der Waals surface area contributed by atoms with Gasteiger partial charge in [-0.25, -0.2) is 9.59 Å². The van der Waals surface area contributed by atoms with Gasteiger partial charge in [0.1, 0.15) is 17.7 Å². The van der Waals surface area contributed by atoms with E-state index in [0.717, 1.165) is 5.56 Å². The van der Waals surface area contributed by atoms with Gasteiger partial charge in [0.25, 0.3) is 0 Å². The zero-order chi connectivity index (χ0) is 21.1. The molecule has 156 valence electrons. The lowest BCUT2D eigenvalue weighted by Gasteiger charge is -2.29. The minimum Gasteiger partial charge on any atom is -0.460 e. The number of amides is 1. The van der Waals surface area contributed by atoms with E-state index < -0.39 is 29.8 Å². The molecule has 0 spiro atoms. The molecule has 3 atom stereocenters. The summed E-state index contributed by atoms with van der Waals surface area (Å²) in [7, 11) is 0. The SMILES string of the molecule is CC(C)[C@@H](c1ccc2c(c1)OCO2)[C@H](C)OC(=O)[C@H](C)NC(=O)OC(C)(C)C. The Morgan fingerprint density at radius 2 is 1.71 bits per heavy atom. The maximum Gasteiger partial charge on any atom is 0.408 e. The fourth-order valence-electron chi connectivity index (χ4n) is 3.22. The van der Waals surface area contributed by atoms with Crippen LogP contribution < -0.4 is 14.8 Å². The van der Waals surface area contributed by atoms with Gasteiger partial charge < -0.3 is 24.3 Å². The van der Waals surface area contributed by atoms with E-state index in [0.29, 0.717) is 11.5 Å². The van der Waals surface area contributed by atoms with Crippen LogP contribution in [-0.4, -0.2) is 36.6 Å². The lowest BCUT2D eigenvalue weighted by atomic mass is 9.84. The smallest absolute Gasteiger partial charge is 0.408 e. The second-order valence-electron chi connectivity index (χ2n) is 8.39. The zero-order valence-corrected chi connectivity index (χ0v) is 17.7. The van der Waals surface area contributed by atoms with Crippen molar-refractivity contribution in [2.45, 2.75) is 72.1 Å². The first-order chi connectivity index (χ1) is 13.0. The van der Waals surface area contributed by atoms with Crippen LogP contribution in [0.1, 0.15) is 59.9 Å². The van der Waals surface area contributed by atoms with Crippen molar-refractivity contribution in [1.29, 1.82) is 0 Å². The van der Waals surface area contributed by atoms with Gasteiger partial charge >= 0.3 is 12.1 Å². The first-order valence-corrected chi connectivity index (χ1v) is 9.57. The number of carbonyl (C=O) groups is 2. The Morgan fingerprint density at radius 3 is 2.32 bits per heavy atom. The number of carbonyl (C=O) groups excluding carboxylic acids is 2. The minimum absolute atomic E-state index is 0.0350.